The number of rotatable bonds is 4. The summed E-state index contributed by atoms with van der Waals surface area (Å²) in [6.07, 6.45) is 2.40. The SMILES string of the molecule is CC(CCn1c(=S)[nH]c2cc(Cl)c(F)cc21)S(C)=O. The minimum absolute atomic E-state index is 0.0685. The van der Waals surface area contributed by atoms with Gasteiger partial charge in [-0.3, -0.25) is 4.21 Å². The second-order valence-corrected chi connectivity index (χ2v) is 7.06. The highest BCUT2D eigenvalue weighted by Gasteiger charge is 2.11. The Kier molecular flexibility index (Phi) is 4.43. The van der Waals surface area contributed by atoms with Crippen molar-refractivity contribution in [2.75, 3.05) is 6.26 Å². The van der Waals surface area contributed by atoms with Crippen molar-refractivity contribution in [2.45, 2.75) is 25.1 Å². The molecule has 2 rings (SSSR count). The molecule has 1 heterocycles. The molecule has 0 saturated carbocycles. The topological polar surface area (TPSA) is 37.8 Å². The summed E-state index contributed by atoms with van der Waals surface area (Å²) in [5, 5.41) is 0.142. The van der Waals surface area contributed by atoms with Crippen LogP contribution in [-0.4, -0.2) is 25.3 Å². The molecule has 2 unspecified atom stereocenters. The molecule has 0 aliphatic carbocycles. The Morgan fingerprint density at radius 3 is 2.89 bits per heavy atom. The number of nitrogens with one attached hydrogen (secondary N) is 1. The van der Waals surface area contributed by atoms with Gasteiger partial charge in [0, 0.05) is 34.9 Å². The monoisotopic (exact) mass is 320 g/mol. The maximum absolute atomic E-state index is 13.5. The lowest BCUT2D eigenvalue weighted by Gasteiger charge is -2.09. The summed E-state index contributed by atoms with van der Waals surface area (Å²) in [4.78, 5) is 3.00. The standard InChI is InChI=1S/C12H14ClFN2OS2/c1-7(19(2)17)3-4-16-11-6-9(14)8(13)5-10(11)15-12(16)18/h5-7H,3-4H2,1-2H3,(H,15,18). The van der Waals surface area contributed by atoms with Gasteiger partial charge in [-0.2, -0.15) is 0 Å². The first-order valence-electron chi connectivity index (χ1n) is 5.80. The van der Waals surface area contributed by atoms with Crippen LogP contribution < -0.4 is 0 Å². The van der Waals surface area contributed by atoms with Crippen LogP contribution in [0.1, 0.15) is 13.3 Å². The molecule has 0 bridgehead atoms. The molecule has 2 atom stereocenters. The zero-order valence-corrected chi connectivity index (χ0v) is 13.0. The van der Waals surface area contributed by atoms with Gasteiger partial charge in [0.15, 0.2) is 4.77 Å². The van der Waals surface area contributed by atoms with Crippen molar-refractivity contribution in [1.82, 2.24) is 9.55 Å². The summed E-state index contributed by atoms with van der Waals surface area (Å²) in [6, 6.07) is 2.90. The van der Waals surface area contributed by atoms with Crippen LogP contribution in [0.3, 0.4) is 0 Å². The smallest absolute Gasteiger partial charge is 0.178 e. The van der Waals surface area contributed by atoms with E-state index in [0.29, 0.717) is 28.8 Å². The number of nitrogens with zero attached hydrogens (tertiary/aromatic N) is 1. The predicted molar refractivity (Wildman–Crippen MR) is 80.2 cm³/mol. The van der Waals surface area contributed by atoms with E-state index in [1.54, 1.807) is 6.26 Å². The van der Waals surface area contributed by atoms with E-state index >= 15 is 0 Å². The van der Waals surface area contributed by atoms with Gasteiger partial charge >= 0.3 is 0 Å². The van der Waals surface area contributed by atoms with E-state index in [0.717, 1.165) is 0 Å². The number of aromatic amines is 1. The number of fused-ring (bicyclic) bond motifs is 1. The fourth-order valence-corrected chi connectivity index (χ4v) is 2.75. The lowest BCUT2D eigenvalue weighted by Crippen LogP contribution is -2.12. The molecule has 0 aliphatic heterocycles. The minimum Gasteiger partial charge on any atom is -0.331 e. The molecule has 7 heteroatoms. The van der Waals surface area contributed by atoms with Gasteiger partial charge in [-0.15, -0.1) is 0 Å². The molecule has 0 amide bonds. The lowest BCUT2D eigenvalue weighted by atomic mass is 10.3. The molecule has 2 aromatic rings. The van der Waals surface area contributed by atoms with Gasteiger partial charge < -0.3 is 9.55 Å². The number of hydrogen-bond donors (Lipinski definition) is 1. The van der Waals surface area contributed by atoms with Crippen LogP contribution in [0.5, 0.6) is 0 Å². The Hall–Kier alpha value is -0.720. The second kappa shape index (κ2) is 5.73. The zero-order valence-electron chi connectivity index (χ0n) is 10.6. The van der Waals surface area contributed by atoms with E-state index in [1.165, 1.54) is 12.1 Å². The van der Waals surface area contributed by atoms with Gasteiger partial charge in [-0.25, -0.2) is 4.39 Å². The summed E-state index contributed by atoms with van der Waals surface area (Å²) >= 11 is 11.0. The molecule has 0 saturated heterocycles. The van der Waals surface area contributed by atoms with Crippen LogP contribution in [0.25, 0.3) is 11.0 Å². The molecule has 19 heavy (non-hydrogen) atoms. The number of imidazole rings is 1. The van der Waals surface area contributed by atoms with Crippen molar-refractivity contribution in [2.24, 2.45) is 0 Å². The molecule has 0 radical (unpaired) electrons. The summed E-state index contributed by atoms with van der Waals surface area (Å²) in [5.74, 6) is -0.468. The van der Waals surface area contributed by atoms with Crippen molar-refractivity contribution in [3.63, 3.8) is 0 Å². The Morgan fingerprint density at radius 1 is 1.58 bits per heavy atom. The normalized spacial score (nSPS) is 14.7. The average molecular weight is 321 g/mol. The highest BCUT2D eigenvalue weighted by Crippen LogP contribution is 2.23. The summed E-state index contributed by atoms with van der Waals surface area (Å²) in [5.41, 5.74) is 1.39. The predicted octanol–water partition coefficient (Wildman–Crippen LogP) is 3.65. The van der Waals surface area contributed by atoms with Crippen LogP contribution in [0.15, 0.2) is 12.1 Å². The van der Waals surface area contributed by atoms with Crippen LogP contribution in [0, 0.1) is 10.6 Å². The Balaban J connectivity index is 2.38. The van der Waals surface area contributed by atoms with E-state index in [9.17, 15) is 8.60 Å². The molecule has 1 aromatic carbocycles. The lowest BCUT2D eigenvalue weighted by molar-refractivity contribution is 0.616. The third-order valence-electron chi connectivity index (χ3n) is 3.14. The zero-order chi connectivity index (χ0) is 14.2. The highest BCUT2D eigenvalue weighted by molar-refractivity contribution is 7.84. The van der Waals surface area contributed by atoms with Gasteiger partial charge in [0.05, 0.1) is 16.1 Å². The summed E-state index contributed by atoms with van der Waals surface area (Å²) in [6.45, 7) is 2.52. The Morgan fingerprint density at radius 2 is 2.26 bits per heavy atom. The van der Waals surface area contributed by atoms with Crippen molar-refractivity contribution in [3.8, 4) is 0 Å². The van der Waals surface area contributed by atoms with Crippen molar-refractivity contribution >= 4 is 45.7 Å². The van der Waals surface area contributed by atoms with Crippen LogP contribution in [0.2, 0.25) is 5.02 Å². The Bertz CT molecular complexity index is 695. The first kappa shape index (κ1) is 14.7. The molecular weight excluding hydrogens is 307 g/mol. The third-order valence-corrected chi connectivity index (χ3v) is 5.12. The van der Waals surface area contributed by atoms with E-state index < -0.39 is 16.6 Å². The molecular formula is C12H14ClFN2OS2. The van der Waals surface area contributed by atoms with E-state index in [1.807, 2.05) is 11.5 Å². The molecule has 0 fully saturated rings. The van der Waals surface area contributed by atoms with Gasteiger partial charge in [0.1, 0.15) is 5.82 Å². The quantitative estimate of drug-likeness (QED) is 0.873. The molecule has 3 nitrogen and oxygen atoms in total. The van der Waals surface area contributed by atoms with Crippen molar-refractivity contribution in [1.29, 1.82) is 0 Å². The molecule has 0 spiro atoms. The third kappa shape index (κ3) is 3.07. The number of benzene rings is 1. The number of aromatic nitrogens is 2. The van der Waals surface area contributed by atoms with E-state index in [2.05, 4.69) is 4.98 Å². The Labute approximate surface area is 123 Å². The van der Waals surface area contributed by atoms with Crippen molar-refractivity contribution in [3.05, 3.63) is 27.7 Å². The molecule has 1 aromatic heterocycles. The van der Waals surface area contributed by atoms with Crippen molar-refractivity contribution < 1.29 is 8.60 Å². The summed E-state index contributed by atoms with van der Waals surface area (Å²) < 4.78 is 27.2. The van der Waals surface area contributed by atoms with Crippen LogP contribution in [-0.2, 0) is 17.3 Å². The minimum atomic E-state index is -0.873. The van der Waals surface area contributed by atoms with Gasteiger partial charge in [0.2, 0.25) is 0 Å². The number of H-pyrrole nitrogens is 1. The van der Waals surface area contributed by atoms with E-state index in [4.69, 9.17) is 23.8 Å². The fraction of sp³-hybridized carbons (Fsp3) is 0.417. The molecule has 104 valence electrons. The maximum Gasteiger partial charge on any atom is 0.178 e. The van der Waals surface area contributed by atoms with Crippen LogP contribution in [0.4, 0.5) is 4.39 Å². The van der Waals surface area contributed by atoms with Gasteiger partial charge in [-0.05, 0) is 24.7 Å². The second-order valence-electron chi connectivity index (χ2n) is 4.46. The van der Waals surface area contributed by atoms with E-state index in [-0.39, 0.29) is 10.3 Å². The summed E-state index contributed by atoms with van der Waals surface area (Å²) in [7, 11) is -0.873. The first-order chi connectivity index (χ1) is 8.90. The van der Waals surface area contributed by atoms with Gasteiger partial charge in [-0.1, -0.05) is 18.5 Å². The first-order valence-corrected chi connectivity index (χ1v) is 8.20. The number of halogens is 2. The highest BCUT2D eigenvalue weighted by atomic mass is 35.5. The van der Waals surface area contributed by atoms with Gasteiger partial charge in [0.25, 0.3) is 0 Å². The maximum atomic E-state index is 13.5. The number of aryl methyl sites for hydroxylation is 1. The average Bonchev–Trinajstić information content (AvgIpc) is 2.62. The molecule has 0 aliphatic rings. The largest absolute Gasteiger partial charge is 0.331 e. The molecule has 1 N–H and O–H groups in total. The van der Waals surface area contributed by atoms with Crippen LogP contribution >= 0.6 is 23.8 Å². The number of hydrogen-bond acceptors (Lipinski definition) is 2. The fourth-order valence-electron chi connectivity index (χ4n) is 1.85.